The average molecular weight is 350 g/mol. The van der Waals surface area contributed by atoms with E-state index in [4.69, 9.17) is 5.73 Å². The molecule has 1 saturated heterocycles. The van der Waals surface area contributed by atoms with Crippen molar-refractivity contribution < 1.29 is 4.79 Å². The lowest BCUT2D eigenvalue weighted by Gasteiger charge is -2.21. The van der Waals surface area contributed by atoms with Crippen LogP contribution in [-0.2, 0) is 6.42 Å². The molecule has 1 unspecified atom stereocenters. The fourth-order valence-electron chi connectivity index (χ4n) is 2.94. The Morgan fingerprint density at radius 2 is 2.04 bits per heavy atom. The van der Waals surface area contributed by atoms with Crippen molar-refractivity contribution in [2.75, 3.05) is 19.6 Å². The van der Waals surface area contributed by atoms with Gasteiger partial charge in [-0.2, -0.15) is 0 Å². The van der Waals surface area contributed by atoms with Crippen molar-refractivity contribution >= 4 is 18.3 Å². The Morgan fingerprint density at radius 1 is 1.33 bits per heavy atom. The predicted octanol–water partition coefficient (Wildman–Crippen LogP) is 2.06. The van der Waals surface area contributed by atoms with Gasteiger partial charge in [-0.25, -0.2) is 9.67 Å². The number of carbonyl (C=O) groups is 1. The molecule has 0 aliphatic carbocycles. The molecule has 1 atom stereocenters. The lowest BCUT2D eigenvalue weighted by molar-refractivity contribution is 0.0765. The van der Waals surface area contributed by atoms with E-state index in [0.717, 1.165) is 24.4 Å². The minimum absolute atomic E-state index is 0. The zero-order valence-electron chi connectivity index (χ0n) is 14.1. The van der Waals surface area contributed by atoms with Gasteiger partial charge in [0.05, 0.1) is 5.69 Å². The molecular formula is C17H24ClN5O. The minimum Gasteiger partial charge on any atom is -0.335 e. The van der Waals surface area contributed by atoms with Crippen LogP contribution in [-0.4, -0.2) is 45.2 Å². The number of likely N-dealkylation sites (tertiary alicyclic amines) is 1. The summed E-state index contributed by atoms with van der Waals surface area (Å²) in [4.78, 5) is 19.0. The van der Waals surface area contributed by atoms with Crippen LogP contribution in [0.4, 0.5) is 0 Å². The number of hydrogen-bond acceptors (Lipinski definition) is 4. The fourth-order valence-corrected chi connectivity index (χ4v) is 2.94. The number of aryl methyl sites for hydroxylation is 1. The molecule has 0 bridgehead atoms. The standard InChI is InChI=1S/C17H23N5O.ClH/c1-3-14-19-15(20-22(14)13-7-5-4-6-8-13)16(23)21-10-9-17(2,11-18)12-21;/h4-8H,3,9-12,18H2,1-2H3;1H. The van der Waals surface area contributed by atoms with Crippen LogP contribution >= 0.6 is 12.4 Å². The van der Waals surface area contributed by atoms with Gasteiger partial charge in [-0.15, -0.1) is 17.5 Å². The van der Waals surface area contributed by atoms with Gasteiger partial charge >= 0.3 is 0 Å². The van der Waals surface area contributed by atoms with Gasteiger partial charge in [0.25, 0.3) is 5.91 Å². The molecule has 0 saturated carbocycles. The van der Waals surface area contributed by atoms with Crippen molar-refractivity contribution in [3.63, 3.8) is 0 Å². The van der Waals surface area contributed by atoms with Gasteiger partial charge < -0.3 is 10.6 Å². The molecule has 7 heteroatoms. The van der Waals surface area contributed by atoms with E-state index in [0.29, 0.717) is 19.6 Å². The summed E-state index contributed by atoms with van der Waals surface area (Å²) in [6.07, 6.45) is 1.64. The molecule has 1 amide bonds. The van der Waals surface area contributed by atoms with Gasteiger partial charge in [-0.3, -0.25) is 4.79 Å². The highest BCUT2D eigenvalue weighted by Crippen LogP contribution is 2.29. The number of rotatable bonds is 4. The molecular weight excluding hydrogens is 326 g/mol. The molecule has 3 rings (SSSR count). The van der Waals surface area contributed by atoms with Crippen molar-refractivity contribution in [3.05, 3.63) is 42.0 Å². The third kappa shape index (κ3) is 3.44. The molecule has 0 spiro atoms. The second kappa shape index (κ2) is 7.32. The maximum absolute atomic E-state index is 12.7. The van der Waals surface area contributed by atoms with Crippen LogP contribution in [0.2, 0.25) is 0 Å². The molecule has 24 heavy (non-hydrogen) atoms. The molecule has 6 nitrogen and oxygen atoms in total. The first-order valence-electron chi connectivity index (χ1n) is 8.07. The summed E-state index contributed by atoms with van der Waals surface area (Å²) < 4.78 is 1.76. The number of halogens is 1. The number of nitrogens with zero attached hydrogens (tertiary/aromatic N) is 4. The number of benzene rings is 1. The zero-order valence-corrected chi connectivity index (χ0v) is 14.9. The van der Waals surface area contributed by atoms with Gasteiger partial charge in [-0.1, -0.05) is 32.0 Å². The maximum Gasteiger partial charge on any atom is 0.293 e. The van der Waals surface area contributed by atoms with Gasteiger partial charge in [0.1, 0.15) is 5.82 Å². The van der Waals surface area contributed by atoms with Crippen LogP contribution in [0.5, 0.6) is 0 Å². The zero-order chi connectivity index (χ0) is 16.4. The molecule has 2 heterocycles. The highest BCUT2D eigenvalue weighted by Gasteiger charge is 2.36. The number of hydrogen-bond donors (Lipinski definition) is 1. The molecule has 2 aromatic rings. The van der Waals surface area contributed by atoms with Crippen LogP contribution in [0.3, 0.4) is 0 Å². The molecule has 130 valence electrons. The Balaban J connectivity index is 0.00000208. The second-order valence-corrected chi connectivity index (χ2v) is 6.44. The Hall–Kier alpha value is -1.92. The SMILES string of the molecule is CCc1nc(C(=O)N2CCC(C)(CN)C2)nn1-c1ccccc1.Cl. The van der Waals surface area contributed by atoms with Gasteiger partial charge in [0.15, 0.2) is 0 Å². The van der Waals surface area contributed by atoms with E-state index < -0.39 is 0 Å². The summed E-state index contributed by atoms with van der Waals surface area (Å²) >= 11 is 0. The van der Waals surface area contributed by atoms with Crippen molar-refractivity contribution in [3.8, 4) is 5.69 Å². The number of amides is 1. The van der Waals surface area contributed by atoms with E-state index in [1.54, 1.807) is 4.68 Å². The summed E-state index contributed by atoms with van der Waals surface area (Å²) in [7, 11) is 0. The topological polar surface area (TPSA) is 77.0 Å². The highest BCUT2D eigenvalue weighted by atomic mass is 35.5. The van der Waals surface area contributed by atoms with Crippen molar-refractivity contribution in [2.24, 2.45) is 11.1 Å². The summed E-state index contributed by atoms with van der Waals surface area (Å²) in [5.74, 6) is 0.957. The first kappa shape index (κ1) is 18.4. The lowest BCUT2D eigenvalue weighted by atomic mass is 9.90. The normalized spacial score (nSPS) is 20.0. The summed E-state index contributed by atoms with van der Waals surface area (Å²) in [6.45, 7) is 6.10. The first-order valence-corrected chi connectivity index (χ1v) is 8.07. The van der Waals surface area contributed by atoms with E-state index in [1.807, 2.05) is 42.2 Å². The van der Waals surface area contributed by atoms with Crippen molar-refractivity contribution in [1.29, 1.82) is 0 Å². The van der Waals surface area contributed by atoms with Crippen LogP contribution in [0.25, 0.3) is 5.69 Å². The van der Waals surface area contributed by atoms with Gasteiger partial charge in [-0.05, 0) is 30.5 Å². The van der Waals surface area contributed by atoms with Gasteiger partial charge in [0, 0.05) is 19.5 Å². The summed E-state index contributed by atoms with van der Waals surface area (Å²) in [5, 5.41) is 4.45. The Labute approximate surface area is 148 Å². The number of carbonyl (C=O) groups excluding carboxylic acids is 1. The first-order chi connectivity index (χ1) is 11.1. The molecule has 0 radical (unpaired) electrons. The van der Waals surface area contributed by atoms with E-state index >= 15 is 0 Å². The third-order valence-corrected chi connectivity index (χ3v) is 4.52. The van der Waals surface area contributed by atoms with Gasteiger partial charge in [0.2, 0.25) is 5.82 Å². The maximum atomic E-state index is 12.7. The Kier molecular flexibility index (Phi) is 5.62. The minimum atomic E-state index is -0.105. The second-order valence-electron chi connectivity index (χ2n) is 6.44. The van der Waals surface area contributed by atoms with Crippen LogP contribution in [0.1, 0.15) is 36.7 Å². The van der Waals surface area contributed by atoms with Crippen LogP contribution in [0.15, 0.2) is 30.3 Å². The van der Waals surface area contributed by atoms with E-state index in [2.05, 4.69) is 17.0 Å². The monoisotopic (exact) mass is 349 g/mol. The van der Waals surface area contributed by atoms with E-state index in [1.165, 1.54) is 0 Å². The number of aromatic nitrogens is 3. The number of para-hydroxylation sites is 1. The molecule has 1 fully saturated rings. The van der Waals surface area contributed by atoms with E-state index in [-0.39, 0.29) is 29.6 Å². The smallest absolute Gasteiger partial charge is 0.293 e. The predicted molar refractivity (Wildman–Crippen MR) is 95.7 cm³/mol. The summed E-state index contributed by atoms with van der Waals surface area (Å²) in [6, 6.07) is 9.78. The largest absolute Gasteiger partial charge is 0.335 e. The molecule has 2 N–H and O–H groups in total. The third-order valence-electron chi connectivity index (χ3n) is 4.52. The van der Waals surface area contributed by atoms with Crippen LogP contribution in [0, 0.1) is 5.41 Å². The molecule has 1 aromatic carbocycles. The highest BCUT2D eigenvalue weighted by molar-refractivity contribution is 5.90. The van der Waals surface area contributed by atoms with E-state index in [9.17, 15) is 4.79 Å². The Morgan fingerprint density at radius 3 is 2.62 bits per heavy atom. The quantitative estimate of drug-likeness (QED) is 0.916. The van der Waals surface area contributed by atoms with Crippen LogP contribution < -0.4 is 5.73 Å². The van der Waals surface area contributed by atoms with Crippen molar-refractivity contribution in [2.45, 2.75) is 26.7 Å². The fraction of sp³-hybridized carbons (Fsp3) is 0.471. The molecule has 1 aliphatic heterocycles. The summed E-state index contributed by atoms with van der Waals surface area (Å²) in [5.41, 5.74) is 6.75. The average Bonchev–Trinajstić information content (AvgIpc) is 3.19. The molecule has 1 aromatic heterocycles. The Bertz CT molecular complexity index is 702. The number of nitrogens with two attached hydrogens (primary N) is 1. The molecule has 1 aliphatic rings. The lowest BCUT2D eigenvalue weighted by Crippen LogP contribution is -2.35. The van der Waals surface area contributed by atoms with Crippen molar-refractivity contribution in [1.82, 2.24) is 19.7 Å².